The van der Waals surface area contributed by atoms with E-state index in [4.69, 9.17) is 0 Å². The normalized spacial score (nSPS) is 20.2. The van der Waals surface area contributed by atoms with Gasteiger partial charge in [0.1, 0.15) is 0 Å². The number of benzene rings is 1. The smallest absolute Gasteiger partial charge is 0.246 e. The van der Waals surface area contributed by atoms with Gasteiger partial charge in [-0.25, -0.2) is 0 Å². The Labute approximate surface area is 102 Å². The number of carbonyl (C=O) groups excluding carboxylic acids is 1. The first kappa shape index (κ1) is 10.6. The Balaban J connectivity index is 1.84. The second kappa shape index (κ2) is 4.40. The molecule has 1 amide bonds. The first-order valence-corrected chi connectivity index (χ1v) is 6.48. The third-order valence-corrected chi connectivity index (χ3v) is 3.84. The molecule has 1 aliphatic carbocycles. The molecule has 3 rings (SSSR count). The molecule has 1 aromatic carbocycles. The van der Waals surface area contributed by atoms with Crippen molar-refractivity contribution in [2.24, 2.45) is 5.92 Å². The fourth-order valence-electron chi connectivity index (χ4n) is 2.91. The molecular weight excluding hydrogens is 212 g/mol. The van der Waals surface area contributed by atoms with Crippen LogP contribution < -0.4 is 10.2 Å². The monoisotopic (exact) mass is 230 g/mol. The van der Waals surface area contributed by atoms with E-state index in [1.54, 1.807) is 0 Å². The number of nitrogens with one attached hydrogen (secondary N) is 1. The predicted molar refractivity (Wildman–Crippen MR) is 69.2 cm³/mol. The number of anilines is 2. The summed E-state index contributed by atoms with van der Waals surface area (Å²) in [5.74, 6) is 0.903. The van der Waals surface area contributed by atoms with Gasteiger partial charge in [0, 0.05) is 6.54 Å². The molecule has 0 radical (unpaired) electrons. The van der Waals surface area contributed by atoms with Crippen LogP contribution in [0.4, 0.5) is 11.4 Å². The molecule has 3 heteroatoms. The number of amides is 1. The highest BCUT2D eigenvalue weighted by Gasteiger charge is 2.27. The van der Waals surface area contributed by atoms with E-state index in [0.717, 1.165) is 17.9 Å². The van der Waals surface area contributed by atoms with E-state index in [1.807, 2.05) is 29.2 Å². The van der Waals surface area contributed by atoms with Crippen LogP contribution in [0.3, 0.4) is 0 Å². The highest BCUT2D eigenvalue weighted by molar-refractivity contribution is 6.02. The van der Waals surface area contributed by atoms with Gasteiger partial charge in [0.2, 0.25) is 5.91 Å². The van der Waals surface area contributed by atoms with Gasteiger partial charge in [0.15, 0.2) is 0 Å². The molecule has 1 aliphatic heterocycles. The average Bonchev–Trinajstić information content (AvgIpc) is 2.86. The van der Waals surface area contributed by atoms with Gasteiger partial charge >= 0.3 is 0 Å². The number of carbonyl (C=O) groups is 1. The molecule has 1 heterocycles. The lowest BCUT2D eigenvalue weighted by Crippen LogP contribution is -2.42. The highest BCUT2D eigenvalue weighted by Crippen LogP contribution is 2.32. The van der Waals surface area contributed by atoms with Crippen molar-refractivity contribution in [1.82, 2.24) is 0 Å². The van der Waals surface area contributed by atoms with E-state index < -0.39 is 0 Å². The van der Waals surface area contributed by atoms with Gasteiger partial charge in [0.25, 0.3) is 0 Å². The van der Waals surface area contributed by atoms with Gasteiger partial charge in [-0.15, -0.1) is 0 Å². The molecule has 3 nitrogen and oxygen atoms in total. The fraction of sp³-hybridized carbons (Fsp3) is 0.500. The van der Waals surface area contributed by atoms with Gasteiger partial charge in [-0.1, -0.05) is 25.0 Å². The van der Waals surface area contributed by atoms with Crippen molar-refractivity contribution in [3.8, 4) is 0 Å². The van der Waals surface area contributed by atoms with Crippen LogP contribution in [0, 0.1) is 5.92 Å². The van der Waals surface area contributed by atoms with Crippen molar-refractivity contribution in [3.63, 3.8) is 0 Å². The van der Waals surface area contributed by atoms with Gasteiger partial charge in [-0.3, -0.25) is 4.79 Å². The Morgan fingerprint density at radius 3 is 2.82 bits per heavy atom. The van der Waals surface area contributed by atoms with Crippen LogP contribution in [0.5, 0.6) is 0 Å². The predicted octanol–water partition coefficient (Wildman–Crippen LogP) is 2.64. The maximum Gasteiger partial charge on any atom is 0.246 e. The first-order chi connectivity index (χ1) is 8.34. The molecule has 90 valence electrons. The van der Waals surface area contributed by atoms with Crippen molar-refractivity contribution in [2.75, 3.05) is 23.3 Å². The maximum absolute atomic E-state index is 12.0. The molecular formula is C14H18N2O. The van der Waals surface area contributed by atoms with Crippen LogP contribution in [0.15, 0.2) is 24.3 Å². The Kier molecular flexibility index (Phi) is 2.75. The van der Waals surface area contributed by atoms with Crippen molar-refractivity contribution in [1.29, 1.82) is 0 Å². The van der Waals surface area contributed by atoms with Crippen LogP contribution >= 0.6 is 0 Å². The van der Waals surface area contributed by atoms with E-state index in [0.29, 0.717) is 12.5 Å². The zero-order valence-corrected chi connectivity index (χ0v) is 9.98. The molecule has 1 N–H and O–H groups in total. The van der Waals surface area contributed by atoms with Crippen LogP contribution in [0.25, 0.3) is 0 Å². The lowest BCUT2D eigenvalue weighted by molar-refractivity contribution is -0.117. The summed E-state index contributed by atoms with van der Waals surface area (Å²) in [6.07, 6.45) is 5.21. The van der Waals surface area contributed by atoms with Crippen LogP contribution in [-0.2, 0) is 4.79 Å². The summed E-state index contributed by atoms with van der Waals surface area (Å²) in [5.41, 5.74) is 2.14. The Hall–Kier alpha value is -1.51. The van der Waals surface area contributed by atoms with Crippen molar-refractivity contribution in [3.05, 3.63) is 24.3 Å². The molecule has 1 saturated carbocycles. The first-order valence-electron chi connectivity index (χ1n) is 6.48. The third kappa shape index (κ3) is 2.02. The van der Waals surface area contributed by atoms with E-state index in [2.05, 4.69) is 5.32 Å². The number of rotatable bonds is 2. The van der Waals surface area contributed by atoms with E-state index in [1.165, 1.54) is 25.7 Å². The third-order valence-electron chi connectivity index (χ3n) is 3.84. The minimum absolute atomic E-state index is 0.204. The molecule has 0 spiro atoms. The quantitative estimate of drug-likeness (QED) is 0.847. The minimum Gasteiger partial charge on any atom is -0.374 e. The number of nitrogens with zero attached hydrogens (tertiary/aromatic N) is 1. The number of fused-ring (bicyclic) bond motifs is 1. The van der Waals surface area contributed by atoms with E-state index in [-0.39, 0.29) is 5.91 Å². The van der Waals surface area contributed by atoms with Gasteiger partial charge in [-0.05, 0) is 30.9 Å². The topological polar surface area (TPSA) is 32.3 Å². The van der Waals surface area contributed by atoms with E-state index >= 15 is 0 Å². The molecule has 2 aliphatic rings. The summed E-state index contributed by atoms with van der Waals surface area (Å²) < 4.78 is 0. The second-order valence-electron chi connectivity index (χ2n) is 5.03. The zero-order chi connectivity index (χ0) is 11.7. The highest BCUT2D eigenvalue weighted by atomic mass is 16.2. The Morgan fingerprint density at radius 1 is 1.24 bits per heavy atom. The lowest BCUT2D eigenvalue weighted by Gasteiger charge is -2.32. The van der Waals surface area contributed by atoms with E-state index in [9.17, 15) is 4.79 Å². The Morgan fingerprint density at radius 2 is 2.00 bits per heavy atom. The Bertz CT molecular complexity index is 424. The van der Waals surface area contributed by atoms with Gasteiger partial charge in [0.05, 0.1) is 17.9 Å². The summed E-state index contributed by atoms with van der Waals surface area (Å²) in [4.78, 5) is 14.0. The number of para-hydroxylation sites is 2. The summed E-state index contributed by atoms with van der Waals surface area (Å²) in [5, 5.41) is 3.18. The molecule has 1 aromatic rings. The molecule has 1 fully saturated rings. The molecule has 0 bridgehead atoms. The van der Waals surface area contributed by atoms with Gasteiger partial charge in [-0.2, -0.15) is 0 Å². The van der Waals surface area contributed by atoms with Crippen LogP contribution in [-0.4, -0.2) is 19.0 Å². The standard InChI is InChI=1S/C14H18N2O/c17-14-9-15-12-7-3-4-8-13(12)16(14)10-11-5-1-2-6-11/h3-4,7-8,11,15H,1-2,5-6,9-10H2. The fourth-order valence-corrected chi connectivity index (χ4v) is 2.91. The van der Waals surface area contributed by atoms with Crippen LogP contribution in [0.2, 0.25) is 0 Å². The van der Waals surface area contributed by atoms with Gasteiger partial charge < -0.3 is 10.2 Å². The second-order valence-corrected chi connectivity index (χ2v) is 5.03. The minimum atomic E-state index is 0.204. The van der Waals surface area contributed by atoms with Crippen LogP contribution in [0.1, 0.15) is 25.7 Å². The van der Waals surface area contributed by atoms with Crippen molar-refractivity contribution < 1.29 is 4.79 Å². The SMILES string of the molecule is O=C1CNc2ccccc2N1CC1CCCC1. The molecule has 0 aromatic heterocycles. The lowest BCUT2D eigenvalue weighted by atomic mass is 10.1. The number of hydrogen-bond acceptors (Lipinski definition) is 2. The number of hydrogen-bond donors (Lipinski definition) is 1. The maximum atomic E-state index is 12.0. The average molecular weight is 230 g/mol. The summed E-state index contributed by atoms with van der Waals surface area (Å²) in [7, 11) is 0. The summed E-state index contributed by atoms with van der Waals surface area (Å²) >= 11 is 0. The summed E-state index contributed by atoms with van der Waals surface area (Å²) in [6.45, 7) is 1.33. The molecule has 0 atom stereocenters. The largest absolute Gasteiger partial charge is 0.374 e. The molecule has 17 heavy (non-hydrogen) atoms. The zero-order valence-electron chi connectivity index (χ0n) is 9.98. The molecule has 0 saturated heterocycles. The van der Waals surface area contributed by atoms with Crippen molar-refractivity contribution >= 4 is 17.3 Å². The summed E-state index contributed by atoms with van der Waals surface area (Å²) in [6, 6.07) is 8.09. The van der Waals surface area contributed by atoms with Crippen molar-refractivity contribution in [2.45, 2.75) is 25.7 Å². The molecule has 0 unspecified atom stereocenters.